The summed E-state index contributed by atoms with van der Waals surface area (Å²) in [6.45, 7) is 0. The third-order valence-electron chi connectivity index (χ3n) is 3.57. The first kappa shape index (κ1) is 16.9. The van der Waals surface area contributed by atoms with Gasteiger partial charge >= 0.3 is 5.63 Å². The molecule has 26 heavy (non-hydrogen) atoms. The molecule has 0 fully saturated rings. The normalized spacial score (nSPS) is 10.9. The number of nitrogens with zero attached hydrogens (tertiary/aromatic N) is 1. The number of para-hydroxylation sites is 1. The molecule has 1 heterocycles. The minimum absolute atomic E-state index is 0.109. The maximum absolute atomic E-state index is 12.2. The first-order valence-electron chi connectivity index (χ1n) is 7.44. The van der Waals surface area contributed by atoms with Gasteiger partial charge in [-0.15, -0.1) is 0 Å². The van der Waals surface area contributed by atoms with Gasteiger partial charge in [0.15, 0.2) is 5.78 Å². The van der Waals surface area contributed by atoms with Crippen molar-refractivity contribution >= 4 is 28.1 Å². The number of anilines is 1. The van der Waals surface area contributed by atoms with Crippen LogP contribution in [0.5, 0.6) is 5.75 Å². The molecule has 0 atom stereocenters. The number of carbonyl (C=O) groups is 1. The first-order chi connectivity index (χ1) is 12.5. The van der Waals surface area contributed by atoms with Gasteiger partial charge in [0.05, 0.1) is 10.3 Å². The number of fused-ring (bicyclic) bond motifs is 1. The number of rotatable bonds is 5. The van der Waals surface area contributed by atoms with Gasteiger partial charge in [0.1, 0.15) is 16.9 Å². The molecule has 3 rings (SSSR count). The maximum Gasteiger partial charge on any atom is 0.351 e. The van der Waals surface area contributed by atoms with E-state index < -0.39 is 27.6 Å². The molecule has 0 bridgehead atoms. The highest BCUT2D eigenvalue weighted by molar-refractivity contribution is 6.09. The monoisotopic (exact) mass is 352 g/mol. The quantitative estimate of drug-likeness (QED) is 0.238. The van der Waals surface area contributed by atoms with Gasteiger partial charge in [0, 0.05) is 30.1 Å². The molecule has 130 valence electrons. The number of ketones is 1. The van der Waals surface area contributed by atoms with Gasteiger partial charge in [0.25, 0.3) is 5.69 Å². The average Bonchev–Trinajstić information content (AvgIpc) is 2.62. The number of nitro groups is 1. The number of nitrogens with one attached hydrogen (secondary N) is 1. The van der Waals surface area contributed by atoms with E-state index in [1.807, 2.05) is 0 Å². The molecule has 3 aromatic rings. The van der Waals surface area contributed by atoms with Gasteiger partial charge in [-0.1, -0.05) is 18.2 Å². The van der Waals surface area contributed by atoms with E-state index in [1.165, 1.54) is 36.5 Å². The molecule has 0 amide bonds. The molecular formula is C18H12N2O6. The van der Waals surface area contributed by atoms with Gasteiger partial charge < -0.3 is 14.8 Å². The van der Waals surface area contributed by atoms with Crippen LogP contribution < -0.4 is 10.9 Å². The number of hydrogen-bond donors (Lipinski definition) is 2. The molecule has 8 heteroatoms. The lowest BCUT2D eigenvalue weighted by atomic mass is 10.1. The molecule has 0 aliphatic rings. The summed E-state index contributed by atoms with van der Waals surface area (Å²) in [4.78, 5) is 34.4. The van der Waals surface area contributed by atoms with Gasteiger partial charge in [0.2, 0.25) is 0 Å². The van der Waals surface area contributed by atoms with Gasteiger partial charge in [-0.05, 0) is 18.2 Å². The lowest BCUT2D eigenvalue weighted by molar-refractivity contribution is -0.384. The van der Waals surface area contributed by atoms with E-state index in [1.54, 1.807) is 18.2 Å². The van der Waals surface area contributed by atoms with Crippen molar-refractivity contribution in [3.8, 4) is 5.75 Å². The van der Waals surface area contributed by atoms with Crippen LogP contribution in [-0.4, -0.2) is 15.8 Å². The molecule has 0 aliphatic heterocycles. The third-order valence-corrected chi connectivity index (χ3v) is 3.57. The Morgan fingerprint density at radius 2 is 1.96 bits per heavy atom. The largest absolute Gasteiger partial charge is 0.506 e. The summed E-state index contributed by atoms with van der Waals surface area (Å²) in [7, 11) is 0. The van der Waals surface area contributed by atoms with Crippen molar-refractivity contribution in [1.29, 1.82) is 0 Å². The number of nitro benzene ring substituents is 1. The summed E-state index contributed by atoms with van der Waals surface area (Å²) < 4.78 is 5.04. The number of carbonyl (C=O) groups excluding carboxylic acids is 1. The molecule has 2 N–H and O–H groups in total. The molecule has 0 saturated heterocycles. The fourth-order valence-electron chi connectivity index (χ4n) is 2.36. The Morgan fingerprint density at radius 1 is 1.19 bits per heavy atom. The Hall–Kier alpha value is -3.94. The highest BCUT2D eigenvalue weighted by Gasteiger charge is 2.18. The van der Waals surface area contributed by atoms with E-state index in [4.69, 9.17) is 4.42 Å². The summed E-state index contributed by atoms with van der Waals surface area (Å²) in [6.07, 6.45) is 2.25. The fraction of sp³-hybridized carbons (Fsp3) is 0. The molecule has 1 aromatic heterocycles. The molecule has 0 spiro atoms. The zero-order valence-corrected chi connectivity index (χ0v) is 13.2. The van der Waals surface area contributed by atoms with Crippen LogP contribution in [0.3, 0.4) is 0 Å². The van der Waals surface area contributed by atoms with Gasteiger partial charge in [-0.2, -0.15) is 0 Å². The predicted octanol–water partition coefficient (Wildman–Crippen LogP) is 3.22. The van der Waals surface area contributed by atoms with Crippen LogP contribution >= 0.6 is 0 Å². The number of aromatic hydroxyl groups is 1. The van der Waals surface area contributed by atoms with E-state index in [0.29, 0.717) is 5.69 Å². The van der Waals surface area contributed by atoms with Crippen molar-refractivity contribution in [3.63, 3.8) is 0 Å². The summed E-state index contributed by atoms with van der Waals surface area (Å²) in [5.74, 6) is -1.22. The lowest BCUT2D eigenvalue weighted by Gasteiger charge is -2.03. The van der Waals surface area contributed by atoms with Crippen molar-refractivity contribution < 1.29 is 19.2 Å². The lowest BCUT2D eigenvalue weighted by Crippen LogP contribution is -2.13. The Balaban J connectivity index is 1.85. The van der Waals surface area contributed by atoms with Crippen LogP contribution in [0.15, 0.2) is 70.0 Å². The second-order valence-electron chi connectivity index (χ2n) is 5.26. The highest BCUT2D eigenvalue weighted by atomic mass is 16.6. The standard InChI is InChI=1S/C18H12N2O6/c21-14(8-9-19-11-4-3-5-12(10-11)20(24)25)16-17(22)13-6-1-2-7-15(13)26-18(16)23/h1-10,19,22H/b9-8+. The van der Waals surface area contributed by atoms with Crippen molar-refractivity contribution in [2.45, 2.75) is 0 Å². The summed E-state index contributed by atoms with van der Waals surface area (Å²) in [6, 6.07) is 12.0. The Bertz CT molecular complexity index is 1100. The van der Waals surface area contributed by atoms with Crippen molar-refractivity contribution in [1.82, 2.24) is 0 Å². The van der Waals surface area contributed by atoms with Crippen LogP contribution in [0.4, 0.5) is 11.4 Å². The summed E-state index contributed by atoms with van der Waals surface area (Å²) in [5.41, 5.74) is -0.988. The number of non-ortho nitro benzene ring substituents is 1. The van der Waals surface area contributed by atoms with E-state index >= 15 is 0 Å². The molecule has 0 aliphatic carbocycles. The Morgan fingerprint density at radius 3 is 2.73 bits per heavy atom. The smallest absolute Gasteiger partial charge is 0.351 e. The van der Waals surface area contributed by atoms with Crippen molar-refractivity contribution in [2.24, 2.45) is 0 Å². The van der Waals surface area contributed by atoms with E-state index in [2.05, 4.69) is 5.32 Å². The van der Waals surface area contributed by atoms with Crippen LogP contribution in [-0.2, 0) is 0 Å². The molecule has 2 aromatic carbocycles. The third kappa shape index (κ3) is 3.29. The minimum Gasteiger partial charge on any atom is -0.506 e. The van der Waals surface area contributed by atoms with Crippen molar-refractivity contribution in [2.75, 3.05) is 5.32 Å². The molecule has 0 unspecified atom stereocenters. The maximum atomic E-state index is 12.2. The van der Waals surface area contributed by atoms with E-state index in [9.17, 15) is 24.8 Å². The second kappa shape index (κ2) is 6.89. The predicted molar refractivity (Wildman–Crippen MR) is 94.3 cm³/mol. The first-order valence-corrected chi connectivity index (χ1v) is 7.44. The molecule has 0 radical (unpaired) electrons. The van der Waals surface area contributed by atoms with Gasteiger partial charge in [-0.3, -0.25) is 14.9 Å². The average molecular weight is 352 g/mol. The fourth-order valence-corrected chi connectivity index (χ4v) is 2.36. The second-order valence-corrected chi connectivity index (χ2v) is 5.26. The van der Waals surface area contributed by atoms with E-state index in [-0.39, 0.29) is 16.7 Å². The highest BCUT2D eigenvalue weighted by Crippen LogP contribution is 2.26. The number of hydrogen-bond acceptors (Lipinski definition) is 7. The van der Waals surface area contributed by atoms with Crippen LogP contribution in [0.1, 0.15) is 10.4 Å². The molecule has 0 saturated carbocycles. The zero-order chi connectivity index (χ0) is 18.7. The van der Waals surface area contributed by atoms with Crippen LogP contribution in [0.25, 0.3) is 11.0 Å². The van der Waals surface area contributed by atoms with Crippen molar-refractivity contribution in [3.05, 3.63) is 86.9 Å². The Labute approximate surface area is 146 Å². The SMILES string of the molecule is O=C(/C=C/Nc1cccc([N+](=O)[O-])c1)c1c(O)c2ccccc2oc1=O. The summed E-state index contributed by atoms with van der Waals surface area (Å²) >= 11 is 0. The topological polar surface area (TPSA) is 123 Å². The van der Waals surface area contributed by atoms with Crippen LogP contribution in [0, 0.1) is 10.1 Å². The Kier molecular flexibility index (Phi) is 4.48. The summed E-state index contributed by atoms with van der Waals surface area (Å²) in [5, 5.41) is 23.9. The minimum atomic E-state index is -0.953. The van der Waals surface area contributed by atoms with Gasteiger partial charge in [-0.25, -0.2) is 4.79 Å². The van der Waals surface area contributed by atoms with E-state index in [0.717, 1.165) is 6.08 Å². The molecule has 8 nitrogen and oxygen atoms in total. The zero-order valence-electron chi connectivity index (χ0n) is 13.2. The van der Waals surface area contributed by atoms with Crippen LogP contribution in [0.2, 0.25) is 0 Å². The number of benzene rings is 2. The number of allylic oxidation sites excluding steroid dienone is 1. The molecular weight excluding hydrogens is 340 g/mol.